The lowest BCUT2D eigenvalue weighted by atomic mass is 9.79. The van der Waals surface area contributed by atoms with Crippen LogP contribution in [-0.2, 0) is 37.1 Å². The summed E-state index contributed by atoms with van der Waals surface area (Å²) in [5.41, 5.74) is -0.196. The molecular formula is C17H27F3N4O7. The highest BCUT2D eigenvalue weighted by molar-refractivity contribution is 5.73. The molecule has 4 N–H and O–H groups in total. The third-order valence-electron chi connectivity index (χ3n) is 4.42. The van der Waals surface area contributed by atoms with Gasteiger partial charge in [-0.3, -0.25) is 4.79 Å². The summed E-state index contributed by atoms with van der Waals surface area (Å²) in [5.74, 6) is 1.87. The van der Waals surface area contributed by atoms with Gasteiger partial charge in [-0.25, -0.2) is 15.4 Å². The van der Waals surface area contributed by atoms with Crippen LogP contribution in [0.4, 0.5) is 13.2 Å². The van der Waals surface area contributed by atoms with Crippen molar-refractivity contribution in [1.82, 2.24) is 15.0 Å². The first-order valence-electron chi connectivity index (χ1n) is 9.48. The first-order valence-corrected chi connectivity index (χ1v) is 9.48. The minimum atomic E-state index is -5.08. The first-order chi connectivity index (χ1) is 14.5. The van der Waals surface area contributed by atoms with Crippen LogP contribution in [0.25, 0.3) is 0 Å². The quantitative estimate of drug-likeness (QED) is 0.276. The molecule has 1 saturated carbocycles. The van der Waals surface area contributed by atoms with Crippen molar-refractivity contribution in [1.29, 1.82) is 0 Å². The Kier molecular flexibility index (Phi) is 10.8. The van der Waals surface area contributed by atoms with Gasteiger partial charge in [0.1, 0.15) is 5.69 Å². The smallest absolute Gasteiger partial charge is 0.475 e. The Morgan fingerprint density at radius 2 is 1.94 bits per heavy atom. The molecule has 14 heteroatoms. The van der Waals surface area contributed by atoms with Crippen LogP contribution in [0.5, 0.6) is 0 Å². The molecule has 1 heterocycles. The fourth-order valence-electron chi connectivity index (χ4n) is 2.88. The van der Waals surface area contributed by atoms with E-state index in [1.807, 2.05) is 0 Å². The molecule has 0 saturated heterocycles. The Bertz CT molecular complexity index is 692. The summed E-state index contributed by atoms with van der Waals surface area (Å²) >= 11 is 0. The van der Waals surface area contributed by atoms with E-state index in [0.717, 1.165) is 0 Å². The number of halogens is 3. The van der Waals surface area contributed by atoms with Crippen molar-refractivity contribution >= 4 is 11.9 Å². The lowest BCUT2D eigenvalue weighted by molar-refractivity contribution is -0.192. The number of nitrogens with two attached hydrogens (primary N) is 1. The van der Waals surface area contributed by atoms with Crippen molar-refractivity contribution in [2.75, 3.05) is 19.8 Å². The molecule has 0 radical (unpaired) electrons. The Labute approximate surface area is 176 Å². The molecule has 0 atom stereocenters. The number of nitrogens with zero attached hydrogens (tertiary/aromatic N) is 3. The molecule has 0 aliphatic heterocycles. The van der Waals surface area contributed by atoms with E-state index in [1.165, 1.54) is 0 Å². The Hall–Kier alpha value is -2.29. The van der Waals surface area contributed by atoms with Crippen LogP contribution in [0.2, 0.25) is 0 Å². The number of carbonyl (C=O) groups excluding carboxylic acids is 1. The summed E-state index contributed by atoms with van der Waals surface area (Å²) in [6.45, 7) is 3.54. The SMILES string of the molecule is CCOC(=O)C1CCC(O)(Cn2cc(COCCON)nn2)CC1.O=C(O)C(F)(F)F. The number of hydrogen-bond donors (Lipinski definition) is 3. The van der Waals surface area contributed by atoms with Crippen LogP contribution in [0.15, 0.2) is 6.20 Å². The van der Waals surface area contributed by atoms with Crippen molar-refractivity contribution in [3.63, 3.8) is 0 Å². The molecule has 0 bridgehead atoms. The number of carbonyl (C=O) groups is 2. The maximum Gasteiger partial charge on any atom is 0.490 e. The number of alkyl halides is 3. The molecule has 1 aliphatic carbocycles. The molecule has 1 aliphatic rings. The molecule has 11 nitrogen and oxygen atoms in total. The summed E-state index contributed by atoms with van der Waals surface area (Å²) < 4.78 is 43.7. The summed E-state index contributed by atoms with van der Waals surface area (Å²) in [6, 6.07) is 0. The number of ether oxygens (including phenoxy) is 2. The van der Waals surface area contributed by atoms with Gasteiger partial charge in [-0.05, 0) is 32.6 Å². The van der Waals surface area contributed by atoms with Gasteiger partial charge in [0.15, 0.2) is 0 Å². The second kappa shape index (κ2) is 12.5. The van der Waals surface area contributed by atoms with Crippen molar-refractivity contribution in [3.05, 3.63) is 11.9 Å². The van der Waals surface area contributed by atoms with Crippen LogP contribution in [-0.4, -0.2) is 68.7 Å². The predicted octanol–water partition coefficient (Wildman–Crippen LogP) is 0.803. The highest BCUT2D eigenvalue weighted by Gasteiger charge is 2.38. The second-order valence-corrected chi connectivity index (χ2v) is 6.88. The van der Waals surface area contributed by atoms with E-state index in [-0.39, 0.29) is 11.9 Å². The highest BCUT2D eigenvalue weighted by Crippen LogP contribution is 2.33. The van der Waals surface area contributed by atoms with E-state index >= 15 is 0 Å². The number of aliphatic hydroxyl groups is 1. The number of hydrogen-bond acceptors (Lipinski definition) is 9. The minimum Gasteiger partial charge on any atom is -0.475 e. The Morgan fingerprint density at radius 3 is 2.45 bits per heavy atom. The van der Waals surface area contributed by atoms with Crippen molar-refractivity contribution in [3.8, 4) is 0 Å². The third-order valence-corrected chi connectivity index (χ3v) is 4.42. The van der Waals surface area contributed by atoms with E-state index in [4.69, 9.17) is 25.3 Å². The predicted molar refractivity (Wildman–Crippen MR) is 97.0 cm³/mol. The molecule has 2 rings (SSSR count). The number of aromatic nitrogens is 3. The van der Waals surface area contributed by atoms with Gasteiger partial charge in [0.25, 0.3) is 0 Å². The summed E-state index contributed by atoms with van der Waals surface area (Å²) in [5, 5.41) is 25.9. The van der Waals surface area contributed by atoms with E-state index < -0.39 is 17.7 Å². The van der Waals surface area contributed by atoms with Gasteiger partial charge in [-0.15, -0.1) is 5.10 Å². The fourth-order valence-corrected chi connectivity index (χ4v) is 2.88. The van der Waals surface area contributed by atoms with Crippen LogP contribution in [0, 0.1) is 5.92 Å². The number of aliphatic carboxylic acids is 1. The van der Waals surface area contributed by atoms with Crippen LogP contribution in [0.3, 0.4) is 0 Å². The zero-order valence-electron chi connectivity index (χ0n) is 17.0. The summed E-state index contributed by atoms with van der Waals surface area (Å²) in [4.78, 5) is 25.1. The van der Waals surface area contributed by atoms with E-state index in [1.54, 1.807) is 17.8 Å². The highest BCUT2D eigenvalue weighted by atomic mass is 19.4. The van der Waals surface area contributed by atoms with Crippen molar-refractivity contribution in [2.24, 2.45) is 11.8 Å². The van der Waals surface area contributed by atoms with Gasteiger partial charge < -0.3 is 24.5 Å². The monoisotopic (exact) mass is 456 g/mol. The Balaban J connectivity index is 0.000000592. The van der Waals surface area contributed by atoms with Crippen molar-refractivity contribution in [2.45, 2.75) is 57.5 Å². The first kappa shape index (κ1) is 26.7. The van der Waals surface area contributed by atoms with Gasteiger partial charge >= 0.3 is 18.1 Å². The summed E-state index contributed by atoms with van der Waals surface area (Å²) in [6.07, 6.45) is -1.01. The van der Waals surface area contributed by atoms with Gasteiger partial charge in [0.05, 0.1) is 50.7 Å². The van der Waals surface area contributed by atoms with E-state index in [0.29, 0.717) is 64.3 Å². The normalized spacial score (nSPS) is 21.2. The number of carboxylic acid groups (broad SMARTS) is 1. The number of rotatable bonds is 9. The van der Waals surface area contributed by atoms with Crippen LogP contribution < -0.4 is 5.90 Å². The molecule has 178 valence electrons. The lowest BCUT2D eigenvalue weighted by Crippen LogP contribution is -2.40. The molecule has 31 heavy (non-hydrogen) atoms. The van der Waals surface area contributed by atoms with Crippen molar-refractivity contribution < 1.29 is 47.3 Å². The minimum absolute atomic E-state index is 0.116. The Morgan fingerprint density at radius 1 is 1.32 bits per heavy atom. The number of carboxylic acids is 1. The molecule has 1 aromatic heterocycles. The molecule has 0 amide bonds. The van der Waals surface area contributed by atoms with E-state index in [9.17, 15) is 23.1 Å². The van der Waals surface area contributed by atoms with Crippen LogP contribution >= 0.6 is 0 Å². The maximum atomic E-state index is 11.8. The zero-order chi connectivity index (χ0) is 23.5. The zero-order valence-corrected chi connectivity index (χ0v) is 17.0. The third kappa shape index (κ3) is 10.0. The van der Waals surface area contributed by atoms with Crippen LogP contribution in [0.1, 0.15) is 38.3 Å². The summed E-state index contributed by atoms with van der Waals surface area (Å²) in [7, 11) is 0. The molecule has 1 fully saturated rings. The number of esters is 1. The average Bonchev–Trinajstić information content (AvgIpc) is 3.12. The maximum absolute atomic E-state index is 11.8. The average molecular weight is 456 g/mol. The van der Waals surface area contributed by atoms with Gasteiger partial charge in [-0.2, -0.15) is 13.2 Å². The molecule has 1 aromatic rings. The topological polar surface area (TPSA) is 159 Å². The largest absolute Gasteiger partial charge is 0.490 e. The van der Waals surface area contributed by atoms with Gasteiger partial charge in [0.2, 0.25) is 0 Å². The molecular weight excluding hydrogens is 429 g/mol. The lowest BCUT2D eigenvalue weighted by Gasteiger charge is -2.34. The van der Waals surface area contributed by atoms with Gasteiger partial charge in [0, 0.05) is 0 Å². The standard InChI is InChI=1S/C15H26N4O5.C2HF3O2/c1-2-23-14(20)12-3-5-15(21,6-4-12)11-19-9-13(17-18-19)10-22-7-8-24-16;3-2(4,5)1(6)7/h9,12,21H,2-8,10-11,16H2,1H3;(H,6,7). The van der Waals surface area contributed by atoms with Gasteiger partial charge in [-0.1, -0.05) is 5.21 Å². The molecule has 0 unspecified atom stereocenters. The fraction of sp³-hybridized carbons (Fsp3) is 0.765. The molecule has 0 aromatic carbocycles. The molecule has 0 spiro atoms. The van der Waals surface area contributed by atoms with E-state index in [2.05, 4.69) is 15.1 Å². The second-order valence-electron chi connectivity index (χ2n) is 6.88.